The van der Waals surface area contributed by atoms with Gasteiger partial charge in [0.1, 0.15) is 5.02 Å². The molecule has 3 aromatic rings. The van der Waals surface area contributed by atoms with Crippen molar-refractivity contribution < 1.29 is 4.79 Å². The molecule has 0 bridgehead atoms. The highest BCUT2D eigenvalue weighted by molar-refractivity contribution is 6.34. The van der Waals surface area contributed by atoms with Gasteiger partial charge in [0.25, 0.3) is 0 Å². The van der Waals surface area contributed by atoms with Crippen LogP contribution in [0.2, 0.25) is 10.0 Å². The highest BCUT2D eigenvalue weighted by atomic mass is 35.5. The standard InChI is InChI=1S/C25H27Cl2N7O/c1-3-4-23(35)31-22-10-7-18(15-20(22)26)29-24-21(27)16-28-25(32-24)30-17-5-8-19(9-6-17)34-13-11-33(2)12-14-34/h3-10,15-16H,11-14H2,1-2H3,(H,31,35)(H2,28,29,30,32)/b4-3+. The van der Waals surface area contributed by atoms with Gasteiger partial charge in [0.2, 0.25) is 11.9 Å². The first-order chi connectivity index (χ1) is 16.9. The van der Waals surface area contributed by atoms with Gasteiger partial charge in [0, 0.05) is 43.2 Å². The highest BCUT2D eigenvalue weighted by Gasteiger charge is 2.14. The van der Waals surface area contributed by atoms with Gasteiger partial charge in [-0.2, -0.15) is 4.98 Å². The predicted octanol–water partition coefficient (Wildman–Crippen LogP) is 5.54. The van der Waals surface area contributed by atoms with Gasteiger partial charge >= 0.3 is 0 Å². The van der Waals surface area contributed by atoms with Crippen LogP contribution in [0.5, 0.6) is 0 Å². The zero-order valence-corrected chi connectivity index (χ0v) is 21.1. The van der Waals surface area contributed by atoms with E-state index in [0.717, 1.165) is 31.9 Å². The maximum atomic E-state index is 11.8. The van der Waals surface area contributed by atoms with Gasteiger partial charge in [-0.25, -0.2) is 4.98 Å². The number of nitrogens with one attached hydrogen (secondary N) is 3. The number of anilines is 6. The van der Waals surface area contributed by atoms with Gasteiger partial charge in [-0.15, -0.1) is 0 Å². The number of likely N-dealkylation sites (N-methyl/N-ethyl adjacent to an activating group) is 1. The van der Waals surface area contributed by atoms with Gasteiger partial charge in [0.15, 0.2) is 5.82 Å². The summed E-state index contributed by atoms with van der Waals surface area (Å²) < 4.78 is 0. The zero-order valence-electron chi connectivity index (χ0n) is 19.6. The topological polar surface area (TPSA) is 85.4 Å². The Morgan fingerprint density at radius 3 is 2.37 bits per heavy atom. The molecule has 0 aliphatic carbocycles. The molecule has 0 atom stereocenters. The lowest BCUT2D eigenvalue weighted by Gasteiger charge is -2.34. The van der Waals surface area contributed by atoms with Crippen LogP contribution in [0, 0.1) is 0 Å². The fourth-order valence-electron chi connectivity index (χ4n) is 3.62. The van der Waals surface area contributed by atoms with Gasteiger partial charge in [-0.1, -0.05) is 29.3 Å². The van der Waals surface area contributed by atoms with E-state index < -0.39 is 0 Å². The van der Waals surface area contributed by atoms with Crippen LogP contribution in [-0.4, -0.2) is 54.0 Å². The first-order valence-electron chi connectivity index (χ1n) is 11.2. The number of carbonyl (C=O) groups is 1. The molecule has 0 spiro atoms. The molecule has 182 valence electrons. The lowest BCUT2D eigenvalue weighted by Crippen LogP contribution is -2.44. The molecule has 1 aliphatic heterocycles. The number of benzene rings is 2. The SMILES string of the molecule is C/C=C/C(=O)Nc1ccc(Nc2nc(Nc3ccc(N4CCN(C)CC4)cc3)ncc2Cl)cc1Cl. The summed E-state index contributed by atoms with van der Waals surface area (Å²) in [5.74, 6) is 0.590. The maximum Gasteiger partial charge on any atom is 0.248 e. The lowest BCUT2D eigenvalue weighted by atomic mass is 10.2. The molecule has 1 aliphatic rings. The molecule has 10 heteroatoms. The molecule has 2 heterocycles. The second-order valence-electron chi connectivity index (χ2n) is 8.16. The van der Waals surface area contributed by atoms with Crippen molar-refractivity contribution in [1.29, 1.82) is 0 Å². The van der Waals surface area contributed by atoms with Crippen LogP contribution in [0.25, 0.3) is 0 Å². The Balaban J connectivity index is 1.42. The summed E-state index contributed by atoms with van der Waals surface area (Å²) in [4.78, 5) is 25.3. The van der Waals surface area contributed by atoms with E-state index in [1.54, 1.807) is 31.2 Å². The number of hydrogen-bond acceptors (Lipinski definition) is 7. The Morgan fingerprint density at radius 1 is 0.971 bits per heavy atom. The zero-order chi connectivity index (χ0) is 24.8. The number of aromatic nitrogens is 2. The van der Waals surface area contributed by atoms with Crippen molar-refractivity contribution >= 4 is 63.6 Å². The first-order valence-corrected chi connectivity index (χ1v) is 12.0. The van der Waals surface area contributed by atoms with E-state index in [9.17, 15) is 4.79 Å². The summed E-state index contributed by atoms with van der Waals surface area (Å²) >= 11 is 12.7. The van der Waals surface area contributed by atoms with Crippen LogP contribution >= 0.6 is 23.2 Å². The number of carbonyl (C=O) groups excluding carboxylic acids is 1. The summed E-state index contributed by atoms with van der Waals surface area (Å²) in [7, 11) is 2.15. The molecule has 1 fully saturated rings. The van der Waals surface area contributed by atoms with Gasteiger partial charge < -0.3 is 25.8 Å². The Kier molecular flexibility index (Phi) is 8.07. The number of allylic oxidation sites excluding steroid dienone is 1. The van der Waals surface area contributed by atoms with Crippen molar-refractivity contribution in [2.45, 2.75) is 6.92 Å². The summed E-state index contributed by atoms with van der Waals surface area (Å²) in [6.45, 7) is 5.93. The normalized spacial score (nSPS) is 14.2. The summed E-state index contributed by atoms with van der Waals surface area (Å²) in [6, 6.07) is 13.4. The van der Waals surface area contributed by atoms with Crippen molar-refractivity contribution in [3.63, 3.8) is 0 Å². The van der Waals surface area contributed by atoms with Crippen LogP contribution in [-0.2, 0) is 4.79 Å². The van der Waals surface area contributed by atoms with Gasteiger partial charge in [0.05, 0.1) is 16.9 Å². The lowest BCUT2D eigenvalue weighted by molar-refractivity contribution is -0.111. The molecular formula is C25H27Cl2N7O. The fourth-order valence-corrected chi connectivity index (χ4v) is 3.99. The molecule has 1 saturated heterocycles. The smallest absolute Gasteiger partial charge is 0.248 e. The van der Waals surface area contributed by atoms with E-state index in [0.29, 0.717) is 33.2 Å². The van der Waals surface area contributed by atoms with Gasteiger partial charge in [-0.05, 0) is 62.5 Å². The van der Waals surface area contributed by atoms with E-state index in [2.05, 4.69) is 54.9 Å². The predicted molar refractivity (Wildman–Crippen MR) is 145 cm³/mol. The summed E-state index contributed by atoms with van der Waals surface area (Å²) in [5, 5.41) is 9.85. The van der Waals surface area contributed by atoms with E-state index in [-0.39, 0.29) is 5.91 Å². The molecule has 35 heavy (non-hydrogen) atoms. The third-order valence-corrected chi connectivity index (χ3v) is 6.13. The molecule has 1 aromatic heterocycles. The minimum atomic E-state index is -0.249. The number of piperazine rings is 1. The maximum absolute atomic E-state index is 11.8. The van der Waals surface area contributed by atoms with E-state index >= 15 is 0 Å². The molecule has 0 radical (unpaired) electrons. The molecule has 4 rings (SSSR count). The number of halogens is 2. The monoisotopic (exact) mass is 511 g/mol. The molecule has 0 unspecified atom stereocenters. The molecule has 8 nitrogen and oxygen atoms in total. The van der Waals surface area contributed by atoms with Crippen LogP contribution < -0.4 is 20.9 Å². The number of amides is 1. The molecule has 0 saturated carbocycles. The van der Waals surface area contributed by atoms with Gasteiger partial charge in [-0.3, -0.25) is 4.79 Å². The number of hydrogen-bond donors (Lipinski definition) is 3. The quantitative estimate of drug-likeness (QED) is 0.359. The van der Waals surface area contributed by atoms with Crippen molar-refractivity contribution in [3.8, 4) is 0 Å². The van der Waals surface area contributed by atoms with E-state index in [1.807, 2.05) is 12.1 Å². The van der Waals surface area contributed by atoms with Crippen molar-refractivity contribution in [1.82, 2.24) is 14.9 Å². The minimum absolute atomic E-state index is 0.249. The Hall–Kier alpha value is -3.33. The first kappa shape index (κ1) is 24.8. The second-order valence-corrected chi connectivity index (χ2v) is 8.98. The molecule has 1 amide bonds. The molecule has 3 N–H and O–H groups in total. The highest BCUT2D eigenvalue weighted by Crippen LogP contribution is 2.30. The minimum Gasteiger partial charge on any atom is -0.369 e. The summed E-state index contributed by atoms with van der Waals surface area (Å²) in [5.41, 5.74) is 3.25. The fraction of sp³-hybridized carbons (Fsp3) is 0.240. The third kappa shape index (κ3) is 6.63. The van der Waals surface area contributed by atoms with Crippen molar-refractivity contribution in [2.24, 2.45) is 0 Å². The van der Waals surface area contributed by atoms with Crippen LogP contribution in [0.15, 0.2) is 60.8 Å². The average Bonchev–Trinajstić information content (AvgIpc) is 2.84. The largest absolute Gasteiger partial charge is 0.369 e. The van der Waals surface area contributed by atoms with E-state index in [1.165, 1.54) is 18.0 Å². The van der Waals surface area contributed by atoms with E-state index in [4.69, 9.17) is 23.2 Å². The van der Waals surface area contributed by atoms with Crippen LogP contribution in [0.3, 0.4) is 0 Å². The number of nitrogens with zero attached hydrogens (tertiary/aromatic N) is 4. The molecule has 2 aromatic carbocycles. The molecular weight excluding hydrogens is 485 g/mol. The Bertz CT molecular complexity index is 1210. The Labute approximate surface area is 215 Å². The number of rotatable bonds is 7. The third-order valence-electron chi connectivity index (χ3n) is 5.54. The summed E-state index contributed by atoms with van der Waals surface area (Å²) in [6.07, 6.45) is 4.62. The second kappa shape index (κ2) is 11.4. The Morgan fingerprint density at radius 2 is 1.69 bits per heavy atom. The van der Waals surface area contributed by atoms with Crippen LogP contribution in [0.1, 0.15) is 6.92 Å². The van der Waals surface area contributed by atoms with Crippen molar-refractivity contribution in [2.75, 3.05) is 54.1 Å². The average molecular weight is 512 g/mol. The van der Waals surface area contributed by atoms with Crippen LogP contribution in [0.4, 0.5) is 34.5 Å². The van der Waals surface area contributed by atoms with Crippen molar-refractivity contribution in [3.05, 3.63) is 70.9 Å².